The summed E-state index contributed by atoms with van der Waals surface area (Å²) in [7, 11) is 1.51. The molecule has 2 aliphatic rings. The van der Waals surface area contributed by atoms with Gasteiger partial charge in [-0.1, -0.05) is 6.07 Å². The summed E-state index contributed by atoms with van der Waals surface area (Å²) >= 11 is 0. The van der Waals surface area contributed by atoms with E-state index < -0.39 is 23.7 Å². The van der Waals surface area contributed by atoms with Crippen molar-refractivity contribution in [3.8, 4) is 17.6 Å². The van der Waals surface area contributed by atoms with Crippen molar-refractivity contribution in [2.24, 2.45) is 11.8 Å². The number of carbonyl (C=O) groups excluding carboxylic acids is 1. The largest absolute Gasteiger partial charge is 0.495 e. The highest BCUT2D eigenvalue weighted by atomic mass is 16.6. The summed E-state index contributed by atoms with van der Waals surface area (Å²) in [5.74, 6) is 0.238. The van der Waals surface area contributed by atoms with Gasteiger partial charge in [0.25, 0.3) is 0 Å². The van der Waals surface area contributed by atoms with Gasteiger partial charge >= 0.3 is 12.1 Å². The SMILES string of the molecule is COc1cccc(O[C@H]2CC[C@H]3CN(C(=O)OC(C)(C)C)[C@H](C(=O)O)C[C@H]3C2)c1C#N. The molecular weight excluding hydrogens is 400 g/mol. The molecule has 0 radical (unpaired) electrons. The number of piperidine rings is 1. The number of nitriles is 1. The van der Waals surface area contributed by atoms with E-state index in [1.54, 1.807) is 39.0 Å². The van der Waals surface area contributed by atoms with Crippen LogP contribution in [0.4, 0.5) is 4.79 Å². The van der Waals surface area contributed by atoms with Crippen LogP contribution in [0.25, 0.3) is 0 Å². The monoisotopic (exact) mass is 430 g/mol. The minimum absolute atomic E-state index is 0.120. The van der Waals surface area contributed by atoms with E-state index in [0.717, 1.165) is 12.8 Å². The number of rotatable bonds is 4. The number of hydrogen-bond acceptors (Lipinski definition) is 6. The van der Waals surface area contributed by atoms with Crippen molar-refractivity contribution in [1.82, 2.24) is 4.90 Å². The van der Waals surface area contributed by atoms with Crippen molar-refractivity contribution in [3.63, 3.8) is 0 Å². The van der Waals surface area contributed by atoms with Crippen molar-refractivity contribution in [3.05, 3.63) is 23.8 Å². The Kier molecular flexibility index (Phi) is 6.63. The molecule has 0 spiro atoms. The van der Waals surface area contributed by atoms with Gasteiger partial charge in [-0.05, 0) is 70.4 Å². The van der Waals surface area contributed by atoms with Gasteiger partial charge in [-0.25, -0.2) is 9.59 Å². The first-order chi connectivity index (χ1) is 14.6. The van der Waals surface area contributed by atoms with Gasteiger partial charge in [0.1, 0.15) is 34.8 Å². The van der Waals surface area contributed by atoms with Crippen molar-refractivity contribution < 1.29 is 28.9 Å². The number of hydrogen-bond donors (Lipinski definition) is 1. The second-order valence-electron chi connectivity index (χ2n) is 9.24. The molecular formula is C23H30N2O6. The van der Waals surface area contributed by atoms with E-state index in [-0.39, 0.29) is 17.9 Å². The smallest absolute Gasteiger partial charge is 0.411 e. The van der Waals surface area contributed by atoms with Crippen LogP contribution in [0.2, 0.25) is 0 Å². The molecule has 168 valence electrons. The topological polar surface area (TPSA) is 109 Å². The van der Waals surface area contributed by atoms with Gasteiger partial charge in [-0.2, -0.15) is 5.26 Å². The first kappa shape index (κ1) is 22.7. The lowest BCUT2D eigenvalue weighted by Gasteiger charge is -2.46. The van der Waals surface area contributed by atoms with Crippen LogP contribution in [-0.2, 0) is 9.53 Å². The Balaban J connectivity index is 1.71. The number of carboxylic acid groups (broad SMARTS) is 1. The summed E-state index contributed by atoms with van der Waals surface area (Å²) in [6, 6.07) is 6.46. The number of ether oxygens (including phenoxy) is 3. The molecule has 1 aliphatic carbocycles. The molecule has 1 heterocycles. The molecule has 2 fully saturated rings. The third kappa shape index (κ3) is 5.22. The first-order valence-electron chi connectivity index (χ1n) is 10.6. The maximum Gasteiger partial charge on any atom is 0.411 e. The molecule has 8 heteroatoms. The standard InChI is InChI=1S/C23H30N2O6/c1-23(2,3)31-22(28)25-13-14-8-9-16(10-15(14)11-18(25)21(26)27)30-20-7-5-6-19(29-4)17(20)12-24/h5-7,14-16,18H,8-11,13H2,1-4H3,(H,26,27)/t14-,15+,16-,18-/m0/s1. The second kappa shape index (κ2) is 9.04. The Morgan fingerprint density at radius 1 is 1.16 bits per heavy atom. The van der Waals surface area contributed by atoms with E-state index in [0.29, 0.717) is 36.4 Å². The number of carboxylic acids is 1. The Morgan fingerprint density at radius 3 is 2.48 bits per heavy atom. The molecule has 31 heavy (non-hydrogen) atoms. The van der Waals surface area contributed by atoms with Gasteiger partial charge in [-0.15, -0.1) is 0 Å². The molecule has 3 rings (SSSR count). The number of aliphatic carboxylic acids is 1. The fraction of sp³-hybridized carbons (Fsp3) is 0.609. The first-order valence-corrected chi connectivity index (χ1v) is 10.6. The Hall–Kier alpha value is -2.95. The van der Waals surface area contributed by atoms with Gasteiger partial charge in [0.05, 0.1) is 13.2 Å². The number of nitrogens with zero attached hydrogens (tertiary/aromatic N) is 2. The van der Waals surface area contributed by atoms with Crippen molar-refractivity contribution in [1.29, 1.82) is 5.26 Å². The lowest BCUT2D eigenvalue weighted by molar-refractivity contribution is -0.147. The van der Waals surface area contributed by atoms with E-state index in [4.69, 9.17) is 14.2 Å². The van der Waals surface area contributed by atoms with Crippen LogP contribution in [-0.4, -0.2) is 53.5 Å². The average Bonchev–Trinajstić information content (AvgIpc) is 2.71. The van der Waals surface area contributed by atoms with E-state index in [1.807, 2.05) is 0 Å². The maximum absolute atomic E-state index is 12.6. The van der Waals surface area contributed by atoms with Gasteiger partial charge in [-0.3, -0.25) is 4.90 Å². The predicted molar refractivity (Wildman–Crippen MR) is 112 cm³/mol. The van der Waals surface area contributed by atoms with E-state index in [2.05, 4.69) is 6.07 Å². The zero-order valence-electron chi connectivity index (χ0n) is 18.5. The van der Waals surface area contributed by atoms with Crippen LogP contribution >= 0.6 is 0 Å². The molecule has 1 amide bonds. The van der Waals surface area contributed by atoms with Crippen molar-refractivity contribution in [2.45, 2.75) is 64.2 Å². The summed E-state index contributed by atoms with van der Waals surface area (Å²) in [4.78, 5) is 25.9. The van der Waals surface area contributed by atoms with E-state index >= 15 is 0 Å². The lowest BCUT2D eigenvalue weighted by atomic mass is 9.72. The second-order valence-corrected chi connectivity index (χ2v) is 9.24. The molecule has 1 N–H and O–H groups in total. The molecule has 0 aromatic heterocycles. The van der Waals surface area contributed by atoms with E-state index in [9.17, 15) is 20.0 Å². The molecule has 1 aromatic carbocycles. The van der Waals surface area contributed by atoms with Crippen LogP contribution in [0.5, 0.6) is 11.5 Å². The normalized spacial score (nSPS) is 25.7. The average molecular weight is 431 g/mol. The Labute approximate surface area is 182 Å². The highest BCUT2D eigenvalue weighted by Crippen LogP contribution is 2.41. The Bertz CT molecular complexity index is 872. The van der Waals surface area contributed by atoms with Crippen LogP contribution in [0.15, 0.2) is 18.2 Å². The predicted octanol–water partition coefficient (Wildman–Crippen LogP) is 3.82. The fourth-order valence-corrected chi connectivity index (χ4v) is 4.54. The minimum atomic E-state index is -1.02. The van der Waals surface area contributed by atoms with Crippen LogP contribution in [0.3, 0.4) is 0 Å². The molecule has 1 saturated heterocycles. The number of methoxy groups -OCH3 is 1. The molecule has 0 bridgehead atoms. The minimum Gasteiger partial charge on any atom is -0.495 e. The highest BCUT2D eigenvalue weighted by molar-refractivity contribution is 5.80. The summed E-state index contributed by atoms with van der Waals surface area (Å²) in [6.45, 7) is 5.67. The number of benzene rings is 1. The Morgan fingerprint density at radius 2 is 1.87 bits per heavy atom. The number of amides is 1. The lowest BCUT2D eigenvalue weighted by Crippen LogP contribution is -2.56. The molecule has 1 aromatic rings. The molecule has 8 nitrogen and oxygen atoms in total. The molecule has 1 saturated carbocycles. The zero-order chi connectivity index (χ0) is 22.8. The highest BCUT2D eigenvalue weighted by Gasteiger charge is 2.45. The van der Waals surface area contributed by atoms with Crippen LogP contribution in [0.1, 0.15) is 52.0 Å². The summed E-state index contributed by atoms with van der Waals surface area (Å²) in [5.41, 5.74) is -0.326. The molecule has 1 aliphatic heterocycles. The summed E-state index contributed by atoms with van der Waals surface area (Å²) < 4.78 is 16.8. The maximum atomic E-state index is 12.6. The van der Waals surface area contributed by atoms with Crippen LogP contribution < -0.4 is 9.47 Å². The molecule has 0 unspecified atom stereocenters. The number of likely N-dealkylation sites (tertiary alicyclic amines) is 1. The number of fused-ring (bicyclic) bond motifs is 1. The quantitative estimate of drug-likeness (QED) is 0.773. The van der Waals surface area contributed by atoms with E-state index in [1.165, 1.54) is 12.0 Å². The van der Waals surface area contributed by atoms with Gasteiger partial charge in [0.2, 0.25) is 0 Å². The van der Waals surface area contributed by atoms with Gasteiger partial charge < -0.3 is 19.3 Å². The molecule has 4 atom stereocenters. The van der Waals surface area contributed by atoms with Crippen molar-refractivity contribution in [2.75, 3.05) is 13.7 Å². The zero-order valence-corrected chi connectivity index (χ0v) is 18.5. The van der Waals surface area contributed by atoms with Gasteiger partial charge in [0, 0.05) is 6.54 Å². The summed E-state index contributed by atoms with van der Waals surface area (Å²) in [6.07, 6.45) is 1.92. The van der Waals surface area contributed by atoms with Crippen LogP contribution in [0, 0.1) is 23.2 Å². The third-order valence-electron chi connectivity index (χ3n) is 5.95. The van der Waals surface area contributed by atoms with Gasteiger partial charge in [0.15, 0.2) is 0 Å². The number of carbonyl (C=O) groups is 2. The third-order valence-corrected chi connectivity index (χ3v) is 5.95. The summed E-state index contributed by atoms with van der Waals surface area (Å²) in [5, 5.41) is 19.2. The van der Waals surface area contributed by atoms with Crippen molar-refractivity contribution >= 4 is 12.1 Å². The fourth-order valence-electron chi connectivity index (χ4n) is 4.54.